The molecule has 0 amide bonds. The molecule has 35 heavy (non-hydrogen) atoms. The maximum absolute atomic E-state index is 14.3. The number of carbonyl (C=O) groups is 1. The lowest BCUT2D eigenvalue weighted by molar-refractivity contribution is -0.270. The summed E-state index contributed by atoms with van der Waals surface area (Å²) in [5, 5.41) is 9.20. The SMILES string of the molecule is CC(C)(C)C1OC(C=CC(=C(c2ccc(F)cc2)c2ccc(F)cc2)C(F)F)CC(CC(=O)O)O1. The van der Waals surface area contributed by atoms with Crippen LogP contribution in [-0.2, 0) is 14.3 Å². The fourth-order valence-electron chi connectivity index (χ4n) is 3.80. The predicted octanol–water partition coefficient (Wildman–Crippen LogP) is 6.61. The van der Waals surface area contributed by atoms with Crippen LogP contribution in [0, 0.1) is 17.0 Å². The van der Waals surface area contributed by atoms with Crippen LogP contribution in [0.2, 0.25) is 0 Å². The summed E-state index contributed by atoms with van der Waals surface area (Å²) in [6.07, 6.45) is -2.33. The lowest BCUT2D eigenvalue weighted by Crippen LogP contribution is -2.44. The van der Waals surface area contributed by atoms with Crippen molar-refractivity contribution in [3.63, 3.8) is 0 Å². The van der Waals surface area contributed by atoms with Gasteiger partial charge in [-0.2, -0.15) is 0 Å². The molecule has 1 N–H and O–H groups in total. The average Bonchev–Trinajstić information content (AvgIpc) is 2.77. The van der Waals surface area contributed by atoms with Gasteiger partial charge in [0.1, 0.15) is 11.6 Å². The smallest absolute Gasteiger partial charge is 0.305 e. The number of alkyl halides is 2. The molecule has 1 heterocycles. The molecule has 0 bridgehead atoms. The summed E-state index contributed by atoms with van der Waals surface area (Å²) < 4.78 is 67.5. The zero-order valence-corrected chi connectivity index (χ0v) is 19.7. The number of hydrogen-bond acceptors (Lipinski definition) is 3. The van der Waals surface area contributed by atoms with E-state index in [1.54, 1.807) is 0 Å². The van der Waals surface area contributed by atoms with E-state index in [1.165, 1.54) is 36.4 Å². The van der Waals surface area contributed by atoms with Crippen LogP contribution in [0.1, 0.15) is 44.7 Å². The van der Waals surface area contributed by atoms with Gasteiger partial charge >= 0.3 is 5.97 Å². The number of rotatable bonds is 7. The van der Waals surface area contributed by atoms with E-state index in [2.05, 4.69) is 0 Å². The van der Waals surface area contributed by atoms with Crippen LogP contribution in [0.3, 0.4) is 0 Å². The third-order valence-corrected chi connectivity index (χ3v) is 5.50. The Morgan fingerprint density at radius 2 is 1.51 bits per heavy atom. The Hall–Kier alpha value is -2.97. The maximum atomic E-state index is 14.3. The third-order valence-electron chi connectivity index (χ3n) is 5.50. The quantitative estimate of drug-likeness (QED) is 0.349. The van der Waals surface area contributed by atoms with E-state index < -0.39 is 47.9 Å². The van der Waals surface area contributed by atoms with Crippen molar-refractivity contribution >= 4 is 11.5 Å². The van der Waals surface area contributed by atoms with E-state index in [4.69, 9.17) is 9.47 Å². The van der Waals surface area contributed by atoms with E-state index in [0.717, 1.165) is 24.3 Å². The molecule has 1 aliphatic heterocycles. The van der Waals surface area contributed by atoms with Crippen molar-refractivity contribution in [2.45, 2.75) is 58.5 Å². The fourth-order valence-corrected chi connectivity index (χ4v) is 3.80. The number of aliphatic carboxylic acids is 1. The number of benzene rings is 2. The molecule has 188 valence electrons. The topological polar surface area (TPSA) is 55.8 Å². The Morgan fingerprint density at radius 1 is 1.00 bits per heavy atom. The van der Waals surface area contributed by atoms with E-state index >= 15 is 0 Å². The minimum atomic E-state index is -2.91. The molecule has 1 fully saturated rings. The summed E-state index contributed by atoms with van der Waals surface area (Å²) in [6.45, 7) is 5.60. The number of carboxylic acids is 1. The molecule has 8 heteroatoms. The number of hydrogen-bond donors (Lipinski definition) is 1. The molecule has 0 radical (unpaired) electrons. The zero-order valence-electron chi connectivity index (χ0n) is 19.7. The van der Waals surface area contributed by atoms with Gasteiger partial charge in [0.2, 0.25) is 0 Å². The molecular formula is C27H28F4O4. The number of carboxylic acid groups (broad SMARTS) is 1. The van der Waals surface area contributed by atoms with Gasteiger partial charge in [-0.15, -0.1) is 0 Å². The molecule has 0 aliphatic carbocycles. The standard InChI is InChI=1S/C27H28F4O4/c1-27(2,3)26-34-20(14-21(35-26)15-23(32)33)12-13-22(25(30)31)24(16-4-8-18(28)9-5-16)17-6-10-19(29)11-7-17/h4-13,20-21,25-26H,14-15H2,1-3H3,(H,32,33). The molecule has 3 unspecified atom stereocenters. The lowest BCUT2D eigenvalue weighted by atomic mass is 9.91. The first-order chi connectivity index (χ1) is 16.4. The largest absolute Gasteiger partial charge is 0.481 e. The van der Waals surface area contributed by atoms with Gasteiger partial charge in [0.15, 0.2) is 6.29 Å². The van der Waals surface area contributed by atoms with Crippen LogP contribution in [0.15, 0.2) is 66.3 Å². The lowest BCUT2D eigenvalue weighted by Gasteiger charge is -2.40. The maximum Gasteiger partial charge on any atom is 0.305 e. The highest BCUT2D eigenvalue weighted by Gasteiger charge is 2.37. The molecule has 4 nitrogen and oxygen atoms in total. The minimum absolute atomic E-state index is 0.123. The molecule has 1 saturated heterocycles. The van der Waals surface area contributed by atoms with Gasteiger partial charge < -0.3 is 14.6 Å². The second-order valence-corrected chi connectivity index (χ2v) is 9.47. The van der Waals surface area contributed by atoms with Gasteiger partial charge in [0, 0.05) is 17.4 Å². The molecule has 0 saturated carbocycles. The third kappa shape index (κ3) is 7.26. The Balaban J connectivity index is 2.04. The van der Waals surface area contributed by atoms with Crippen molar-refractivity contribution in [3.8, 4) is 0 Å². The highest BCUT2D eigenvalue weighted by atomic mass is 19.3. The van der Waals surface area contributed by atoms with Gasteiger partial charge in [-0.25, -0.2) is 17.6 Å². The summed E-state index contributed by atoms with van der Waals surface area (Å²) >= 11 is 0. The number of ether oxygens (including phenoxy) is 2. The molecule has 1 aliphatic rings. The zero-order chi connectivity index (χ0) is 25.8. The normalized spacial score (nSPS) is 20.9. The van der Waals surface area contributed by atoms with Crippen molar-refractivity contribution in [1.29, 1.82) is 0 Å². The Morgan fingerprint density at radius 3 is 1.94 bits per heavy atom. The molecular weight excluding hydrogens is 464 g/mol. The van der Waals surface area contributed by atoms with Crippen LogP contribution < -0.4 is 0 Å². The van der Waals surface area contributed by atoms with E-state index in [0.29, 0.717) is 11.1 Å². The van der Waals surface area contributed by atoms with Gasteiger partial charge in [-0.05, 0) is 41.0 Å². The Bertz CT molecular complexity index is 1020. The van der Waals surface area contributed by atoms with E-state index in [9.17, 15) is 27.5 Å². The van der Waals surface area contributed by atoms with E-state index in [1.807, 2.05) is 20.8 Å². The Kier molecular flexibility index (Phi) is 8.51. The summed E-state index contributed by atoms with van der Waals surface area (Å²) in [5.41, 5.74) is -0.0413. The first kappa shape index (κ1) is 26.6. The molecule has 2 aromatic rings. The second kappa shape index (κ2) is 11.2. The summed E-state index contributed by atoms with van der Waals surface area (Å²) in [7, 11) is 0. The van der Waals surface area contributed by atoms with Crippen LogP contribution in [0.4, 0.5) is 17.6 Å². The molecule has 0 aromatic heterocycles. The molecule has 2 aromatic carbocycles. The highest BCUT2D eigenvalue weighted by molar-refractivity contribution is 5.84. The minimum Gasteiger partial charge on any atom is -0.481 e. The van der Waals surface area contributed by atoms with Crippen LogP contribution >= 0.6 is 0 Å². The van der Waals surface area contributed by atoms with Crippen molar-refractivity contribution in [1.82, 2.24) is 0 Å². The molecule has 3 atom stereocenters. The predicted molar refractivity (Wildman–Crippen MR) is 124 cm³/mol. The fraction of sp³-hybridized carbons (Fsp3) is 0.370. The Labute approximate surface area is 201 Å². The van der Waals surface area contributed by atoms with Gasteiger partial charge in [-0.3, -0.25) is 4.79 Å². The van der Waals surface area contributed by atoms with Crippen LogP contribution in [-0.4, -0.2) is 36.0 Å². The highest BCUT2D eigenvalue weighted by Crippen LogP contribution is 2.34. The number of halogens is 4. The van der Waals surface area contributed by atoms with Crippen LogP contribution in [0.5, 0.6) is 0 Å². The van der Waals surface area contributed by atoms with Gasteiger partial charge in [0.05, 0.1) is 18.6 Å². The van der Waals surface area contributed by atoms with Gasteiger partial charge in [-0.1, -0.05) is 57.2 Å². The average molecular weight is 493 g/mol. The van der Waals surface area contributed by atoms with E-state index in [-0.39, 0.29) is 24.0 Å². The second-order valence-electron chi connectivity index (χ2n) is 9.47. The molecule has 3 rings (SSSR count). The van der Waals surface area contributed by atoms with Crippen LogP contribution in [0.25, 0.3) is 5.57 Å². The summed E-state index contributed by atoms with van der Waals surface area (Å²) in [5.74, 6) is -2.07. The van der Waals surface area contributed by atoms with Crippen molar-refractivity contribution in [2.75, 3.05) is 0 Å². The monoisotopic (exact) mass is 492 g/mol. The number of allylic oxidation sites excluding steroid dienone is 2. The summed E-state index contributed by atoms with van der Waals surface area (Å²) in [6, 6.07) is 10.2. The van der Waals surface area contributed by atoms with Crippen molar-refractivity contribution in [2.24, 2.45) is 5.41 Å². The molecule has 0 spiro atoms. The first-order valence-electron chi connectivity index (χ1n) is 11.2. The van der Waals surface area contributed by atoms with Crippen molar-refractivity contribution < 1.29 is 36.9 Å². The van der Waals surface area contributed by atoms with Gasteiger partial charge in [0.25, 0.3) is 6.43 Å². The first-order valence-corrected chi connectivity index (χ1v) is 11.2. The van der Waals surface area contributed by atoms with Crippen molar-refractivity contribution in [3.05, 3.63) is 89.0 Å². The summed E-state index contributed by atoms with van der Waals surface area (Å²) in [4.78, 5) is 11.2.